The normalized spacial score (nSPS) is 10.7. The lowest BCUT2D eigenvalue weighted by Crippen LogP contribution is -2.26. The van der Waals surface area contributed by atoms with Crippen LogP contribution in [0.1, 0.15) is 37.0 Å². The van der Waals surface area contributed by atoms with Crippen LogP contribution in [0.2, 0.25) is 0 Å². The second-order valence-electron chi connectivity index (χ2n) is 4.71. The van der Waals surface area contributed by atoms with Crippen molar-refractivity contribution in [3.05, 3.63) is 29.7 Å². The number of hydrogen-bond acceptors (Lipinski definition) is 5. The Balaban J connectivity index is 1.78. The number of hydrogen-bond donors (Lipinski definition) is 1. The van der Waals surface area contributed by atoms with E-state index in [1.54, 1.807) is 24.3 Å². The van der Waals surface area contributed by atoms with Crippen LogP contribution in [0.15, 0.2) is 16.9 Å². The quantitative estimate of drug-likeness (QED) is 0.825. The third-order valence-corrected chi connectivity index (χ3v) is 2.94. The molecule has 0 aliphatic carbocycles. The average molecular weight is 277 g/mol. The van der Waals surface area contributed by atoms with Gasteiger partial charge in [-0.2, -0.15) is 10.1 Å². The second-order valence-corrected chi connectivity index (χ2v) is 4.71. The van der Waals surface area contributed by atoms with E-state index in [9.17, 15) is 4.79 Å². The van der Waals surface area contributed by atoms with Gasteiger partial charge in [-0.05, 0) is 6.42 Å². The maximum Gasteiger partial charge on any atom is 0.227 e. The minimum absolute atomic E-state index is 0.0430. The number of nitrogens with one attached hydrogen (secondary N) is 1. The third-order valence-electron chi connectivity index (χ3n) is 2.94. The average Bonchev–Trinajstić information content (AvgIpc) is 3.08. The molecule has 108 valence electrons. The molecule has 2 heterocycles. The molecule has 0 fully saturated rings. The lowest BCUT2D eigenvalue weighted by molar-refractivity contribution is -0.130. The summed E-state index contributed by atoms with van der Waals surface area (Å²) < 4.78 is 5.11. The van der Waals surface area contributed by atoms with E-state index in [0.717, 1.165) is 18.4 Å². The number of aromatic amines is 1. The molecule has 1 N–H and O–H groups in total. The summed E-state index contributed by atoms with van der Waals surface area (Å²) in [6, 6.07) is 0. The summed E-state index contributed by atoms with van der Waals surface area (Å²) >= 11 is 0. The van der Waals surface area contributed by atoms with Crippen LogP contribution >= 0.6 is 0 Å². The van der Waals surface area contributed by atoms with Gasteiger partial charge in [0.2, 0.25) is 11.8 Å². The summed E-state index contributed by atoms with van der Waals surface area (Å²) in [5.41, 5.74) is 0.976. The number of aryl methyl sites for hydroxylation is 2. The molecule has 1 amide bonds. The zero-order chi connectivity index (χ0) is 14.4. The zero-order valence-corrected chi connectivity index (χ0v) is 11.8. The SMILES string of the molecule is CCCc1noc(CCC(=O)N(C)Cc2cn[nH]c2)n1. The molecule has 0 saturated carbocycles. The van der Waals surface area contributed by atoms with E-state index in [-0.39, 0.29) is 5.91 Å². The molecule has 7 nitrogen and oxygen atoms in total. The highest BCUT2D eigenvalue weighted by molar-refractivity contribution is 5.75. The number of H-pyrrole nitrogens is 1. The maximum absolute atomic E-state index is 12.0. The summed E-state index contributed by atoms with van der Waals surface area (Å²) in [5, 5.41) is 10.4. The van der Waals surface area contributed by atoms with Crippen molar-refractivity contribution < 1.29 is 9.32 Å². The van der Waals surface area contributed by atoms with Crippen LogP contribution in [-0.2, 0) is 24.2 Å². The molecular formula is C13H19N5O2. The van der Waals surface area contributed by atoms with Gasteiger partial charge in [-0.15, -0.1) is 0 Å². The number of nitrogens with zero attached hydrogens (tertiary/aromatic N) is 4. The van der Waals surface area contributed by atoms with Crippen LogP contribution in [0.25, 0.3) is 0 Å². The monoisotopic (exact) mass is 277 g/mol. The van der Waals surface area contributed by atoms with Crippen molar-refractivity contribution in [2.45, 2.75) is 39.2 Å². The molecule has 20 heavy (non-hydrogen) atoms. The molecule has 0 bridgehead atoms. The molecule has 2 aromatic heterocycles. The van der Waals surface area contributed by atoms with Crippen molar-refractivity contribution in [3.63, 3.8) is 0 Å². The van der Waals surface area contributed by atoms with Crippen LogP contribution in [0.3, 0.4) is 0 Å². The van der Waals surface area contributed by atoms with Crippen molar-refractivity contribution in [2.24, 2.45) is 0 Å². The van der Waals surface area contributed by atoms with Gasteiger partial charge in [0.15, 0.2) is 5.82 Å². The van der Waals surface area contributed by atoms with E-state index in [1.807, 2.05) is 0 Å². The minimum Gasteiger partial charge on any atom is -0.341 e. The van der Waals surface area contributed by atoms with Crippen LogP contribution in [-0.4, -0.2) is 38.2 Å². The highest BCUT2D eigenvalue weighted by Crippen LogP contribution is 2.06. The summed E-state index contributed by atoms with van der Waals surface area (Å²) in [4.78, 5) is 17.9. The van der Waals surface area contributed by atoms with E-state index in [4.69, 9.17) is 4.52 Å². The van der Waals surface area contributed by atoms with Crippen LogP contribution in [0.5, 0.6) is 0 Å². The number of carbonyl (C=O) groups is 1. The first-order valence-electron chi connectivity index (χ1n) is 6.72. The van der Waals surface area contributed by atoms with Gasteiger partial charge in [0, 0.05) is 44.6 Å². The van der Waals surface area contributed by atoms with Crippen molar-refractivity contribution in [3.8, 4) is 0 Å². The van der Waals surface area contributed by atoms with Gasteiger partial charge in [-0.25, -0.2) is 0 Å². The molecule has 0 aliphatic rings. The van der Waals surface area contributed by atoms with Gasteiger partial charge in [0.25, 0.3) is 0 Å². The van der Waals surface area contributed by atoms with E-state index in [2.05, 4.69) is 27.3 Å². The minimum atomic E-state index is 0.0430. The van der Waals surface area contributed by atoms with Crippen LogP contribution in [0, 0.1) is 0 Å². The Hall–Kier alpha value is -2.18. The first kappa shape index (κ1) is 14.2. The number of rotatable bonds is 7. The predicted molar refractivity (Wildman–Crippen MR) is 71.7 cm³/mol. The van der Waals surface area contributed by atoms with Crippen LogP contribution in [0.4, 0.5) is 0 Å². The highest BCUT2D eigenvalue weighted by Gasteiger charge is 2.12. The van der Waals surface area contributed by atoms with Gasteiger partial charge in [-0.3, -0.25) is 9.89 Å². The number of carbonyl (C=O) groups excluding carboxylic acids is 1. The van der Waals surface area contributed by atoms with Crippen molar-refractivity contribution in [2.75, 3.05) is 7.05 Å². The first-order chi connectivity index (χ1) is 9.69. The van der Waals surface area contributed by atoms with Gasteiger partial charge >= 0.3 is 0 Å². The molecular weight excluding hydrogens is 258 g/mol. The lowest BCUT2D eigenvalue weighted by Gasteiger charge is -2.15. The van der Waals surface area contributed by atoms with Gasteiger partial charge in [0.1, 0.15) is 0 Å². The molecule has 0 saturated heterocycles. The molecule has 7 heteroatoms. The molecule has 0 spiro atoms. The first-order valence-corrected chi connectivity index (χ1v) is 6.72. The van der Waals surface area contributed by atoms with E-state index < -0.39 is 0 Å². The van der Waals surface area contributed by atoms with Gasteiger partial charge < -0.3 is 9.42 Å². The number of amides is 1. The Kier molecular flexibility index (Phi) is 4.86. The fourth-order valence-electron chi connectivity index (χ4n) is 1.85. The predicted octanol–water partition coefficient (Wildman–Crippen LogP) is 1.34. The van der Waals surface area contributed by atoms with Crippen molar-refractivity contribution >= 4 is 5.91 Å². The van der Waals surface area contributed by atoms with Gasteiger partial charge in [-0.1, -0.05) is 12.1 Å². The van der Waals surface area contributed by atoms with Crippen LogP contribution < -0.4 is 0 Å². The second kappa shape index (κ2) is 6.83. The molecule has 0 aromatic carbocycles. The molecule has 0 unspecified atom stereocenters. The van der Waals surface area contributed by atoms with Crippen molar-refractivity contribution in [1.29, 1.82) is 0 Å². The Labute approximate surface area is 117 Å². The fourth-order valence-corrected chi connectivity index (χ4v) is 1.85. The maximum atomic E-state index is 12.0. The van der Waals surface area contributed by atoms with Gasteiger partial charge in [0.05, 0.1) is 6.20 Å². The largest absolute Gasteiger partial charge is 0.341 e. The standard InChI is InChI=1S/C13H19N5O2/c1-3-4-11-16-12(20-17-11)5-6-13(19)18(2)9-10-7-14-15-8-10/h7-8H,3-6,9H2,1-2H3,(H,14,15). The summed E-state index contributed by atoms with van der Waals surface area (Å²) in [7, 11) is 1.77. The summed E-state index contributed by atoms with van der Waals surface area (Å²) in [6.07, 6.45) is 6.11. The Bertz CT molecular complexity index is 535. The molecule has 0 aliphatic heterocycles. The molecule has 0 radical (unpaired) electrons. The topological polar surface area (TPSA) is 87.9 Å². The highest BCUT2D eigenvalue weighted by atomic mass is 16.5. The Morgan fingerprint density at radius 1 is 1.45 bits per heavy atom. The van der Waals surface area contributed by atoms with Crippen molar-refractivity contribution in [1.82, 2.24) is 25.2 Å². The number of aromatic nitrogens is 4. The fraction of sp³-hybridized carbons (Fsp3) is 0.538. The lowest BCUT2D eigenvalue weighted by atomic mass is 10.2. The molecule has 0 atom stereocenters. The Morgan fingerprint density at radius 2 is 2.30 bits per heavy atom. The smallest absolute Gasteiger partial charge is 0.227 e. The van der Waals surface area contributed by atoms with E-state index >= 15 is 0 Å². The Morgan fingerprint density at radius 3 is 3.00 bits per heavy atom. The molecule has 2 aromatic rings. The molecule has 2 rings (SSSR count). The van der Waals surface area contributed by atoms with E-state index in [0.29, 0.717) is 31.1 Å². The summed E-state index contributed by atoms with van der Waals surface area (Å²) in [6.45, 7) is 2.60. The third kappa shape index (κ3) is 3.91. The van der Waals surface area contributed by atoms with E-state index in [1.165, 1.54) is 0 Å². The zero-order valence-electron chi connectivity index (χ0n) is 11.8. The summed E-state index contributed by atoms with van der Waals surface area (Å²) in [5.74, 6) is 1.28.